The Bertz CT molecular complexity index is 655. The number of allylic oxidation sites excluding steroid dienone is 1. The summed E-state index contributed by atoms with van der Waals surface area (Å²) in [7, 11) is 1.24. The van der Waals surface area contributed by atoms with Gasteiger partial charge in [-0.15, -0.1) is 0 Å². The number of esters is 1. The molecular weight excluding hydrogens is 323 g/mol. The lowest BCUT2D eigenvalue weighted by Gasteiger charge is -2.35. The summed E-state index contributed by atoms with van der Waals surface area (Å²) < 4.78 is 19.1. The van der Waals surface area contributed by atoms with E-state index in [1.807, 2.05) is 6.92 Å². The number of carbonyl (C=O) groups is 2. The van der Waals surface area contributed by atoms with Crippen LogP contribution in [0.2, 0.25) is 5.02 Å². The number of hydrogen-bond donors (Lipinski definition) is 1. The molecule has 7 heteroatoms. The Hall–Kier alpha value is -2.08. The number of hydrogen-bond acceptors (Lipinski definition) is 3. The van der Waals surface area contributed by atoms with Crippen molar-refractivity contribution in [3.05, 3.63) is 45.9 Å². The number of carbonyl (C=O) groups excluding carboxylic acids is 2. The highest BCUT2D eigenvalue weighted by atomic mass is 35.5. The monoisotopic (exact) mass is 340 g/mol. The first-order valence-corrected chi connectivity index (χ1v) is 7.61. The van der Waals surface area contributed by atoms with E-state index in [-0.39, 0.29) is 16.2 Å². The van der Waals surface area contributed by atoms with Gasteiger partial charge in [0.15, 0.2) is 0 Å². The summed E-state index contributed by atoms with van der Waals surface area (Å²) in [4.78, 5) is 26.0. The lowest BCUT2D eigenvalue weighted by atomic mass is 9.94. The van der Waals surface area contributed by atoms with Crippen LogP contribution in [0.25, 0.3) is 0 Å². The van der Waals surface area contributed by atoms with Gasteiger partial charge >= 0.3 is 12.0 Å². The Kier molecular flexibility index (Phi) is 5.26. The molecule has 1 aliphatic heterocycles. The van der Waals surface area contributed by atoms with Crippen LogP contribution >= 0.6 is 11.6 Å². The molecule has 0 bridgehead atoms. The maximum Gasteiger partial charge on any atom is 0.337 e. The molecule has 1 aromatic carbocycles. The van der Waals surface area contributed by atoms with Gasteiger partial charge < -0.3 is 10.1 Å². The van der Waals surface area contributed by atoms with E-state index >= 15 is 0 Å². The van der Waals surface area contributed by atoms with Gasteiger partial charge in [0.25, 0.3) is 0 Å². The van der Waals surface area contributed by atoms with Gasteiger partial charge in [-0.1, -0.05) is 24.6 Å². The van der Waals surface area contributed by atoms with Crippen molar-refractivity contribution < 1.29 is 18.7 Å². The SMILES string of the molecule is CCCN1C(=O)NC(c2c(F)cccc2Cl)C(C(=O)OC)=C1C. The number of methoxy groups -OCH3 is 1. The molecule has 0 aliphatic carbocycles. The largest absolute Gasteiger partial charge is 0.466 e. The molecule has 1 unspecified atom stereocenters. The number of rotatable bonds is 4. The summed E-state index contributed by atoms with van der Waals surface area (Å²) in [5, 5.41) is 2.78. The Labute approximate surface area is 139 Å². The Balaban J connectivity index is 2.62. The molecule has 2 rings (SSSR count). The zero-order chi connectivity index (χ0) is 17.1. The van der Waals surface area contributed by atoms with Gasteiger partial charge in [-0.25, -0.2) is 14.0 Å². The molecule has 1 atom stereocenters. The summed E-state index contributed by atoms with van der Waals surface area (Å²) in [5.41, 5.74) is 0.665. The summed E-state index contributed by atoms with van der Waals surface area (Å²) in [6.07, 6.45) is 0.713. The predicted molar refractivity (Wildman–Crippen MR) is 84.4 cm³/mol. The van der Waals surface area contributed by atoms with Crippen LogP contribution in [0.4, 0.5) is 9.18 Å². The van der Waals surface area contributed by atoms with E-state index in [9.17, 15) is 14.0 Å². The van der Waals surface area contributed by atoms with E-state index in [2.05, 4.69) is 5.32 Å². The first-order chi connectivity index (χ1) is 10.9. The summed E-state index contributed by atoms with van der Waals surface area (Å²) in [6.45, 7) is 4.00. The maximum absolute atomic E-state index is 14.3. The van der Waals surface area contributed by atoms with Crippen molar-refractivity contribution in [2.45, 2.75) is 26.3 Å². The highest BCUT2D eigenvalue weighted by Gasteiger charge is 2.38. The number of nitrogens with zero attached hydrogens (tertiary/aromatic N) is 1. The number of amides is 2. The zero-order valence-corrected chi connectivity index (χ0v) is 13.9. The number of urea groups is 1. The van der Waals surface area contributed by atoms with Crippen LogP contribution in [-0.4, -0.2) is 30.6 Å². The standard InChI is InChI=1S/C16H18ClFN2O3/c1-4-8-20-9(2)12(15(21)23-3)14(19-16(20)22)13-10(17)6-5-7-11(13)18/h5-7,14H,4,8H2,1-3H3,(H,19,22). The van der Waals surface area contributed by atoms with Gasteiger partial charge in [-0.2, -0.15) is 0 Å². The molecule has 1 aliphatic rings. The molecule has 124 valence electrons. The summed E-state index contributed by atoms with van der Waals surface area (Å²) >= 11 is 6.09. The van der Waals surface area contributed by atoms with Crippen molar-refractivity contribution in [3.63, 3.8) is 0 Å². The highest BCUT2D eigenvalue weighted by Crippen LogP contribution is 2.36. The van der Waals surface area contributed by atoms with Crippen LogP contribution in [0.3, 0.4) is 0 Å². The topological polar surface area (TPSA) is 58.6 Å². The summed E-state index contributed by atoms with van der Waals surface area (Å²) in [5.74, 6) is -1.23. The fourth-order valence-electron chi connectivity index (χ4n) is 2.65. The minimum Gasteiger partial charge on any atom is -0.466 e. The lowest BCUT2D eigenvalue weighted by molar-refractivity contribution is -0.136. The fourth-order valence-corrected chi connectivity index (χ4v) is 2.92. The molecule has 0 spiro atoms. The average molecular weight is 341 g/mol. The van der Waals surface area contributed by atoms with Crippen LogP contribution in [0.5, 0.6) is 0 Å². The third-order valence-corrected chi connectivity index (χ3v) is 4.07. The van der Waals surface area contributed by atoms with E-state index in [4.69, 9.17) is 16.3 Å². The Morgan fingerprint density at radius 1 is 1.48 bits per heavy atom. The van der Waals surface area contributed by atoms with Crippen molar-refractivity contribution in [1.29, 1.82) is 0 Å². The van der Waals surface area contributed by atoms with E-state index < -0.39 is 23.9 Å². The van der Waals surface area contributed by atoms with E-state index in [0.29, 0.717) is 18.7 Å². The highest BCUT2D eigenvalue weighted by molar-refractivity contribution is 6.31. The van der Waals surface area contributed by atoms with Gasteiger partial charge in [0, 0.05) is 22.8 Å². The molecule has 0 saturated heterocycles. The first kappa shape index (κ1) is 17.3. The smallest absolute Gasteiger partial charge is 0.337 e. The second-order valence-electron chi connectivity index (χ2n) is 5.16. The fraction of sp³-hybridized carbons (Fsp3) is 0.375. The minimum atomic E-state index is -0.989. The first-order valence-electron chi connectivity index (χ1n) is 7.23. The molecule has 1 heterocycles. The van der Waals surface area contributed by atoms with Gasteiger partial charge in [0.2, 0.25) is 0 Å². The molecule has 5 nitrogen and oxygen atoms in total. The van der Waals surface area contributed by atoms with Crippen LogP contribution in [0.15, 0.2) is 29.5 Å². The van der Waals surface area contributed by atoms with Crippen molar-refractivity contribution >= 4 is 23.6 Å². The van der Waals surface area contributed by atoms with Crippen molar-refractivity contribution in [1.82, 2.24) is 10.2 Å². The predicted octanol–water partition coefficient (Wildman–Crippen LogP) is 3.40. The maximum atomic E-state index is 14.3. The minimum absolute atomic E-state index is 0.0541. The van der Waals surface area contributed by atoms with E-state index in [1.165, 1.54) is 30.2 Å². The zero-order valence-electron chi connectivity index (χ0n) is 13.2. The van der Waals surface area contributed by atoms with E-state index in [0.717, 1.165) is 0 Å². The lowest BCUT2D eigenvalue weighted by Crippen LogP contribution is -2.48. The Morgan fingerprint density at radius 3 is 2.74 bits per heavy atom. The van der Waals surface area contributed by atoms with Crippen LogP contribution in [0.1, 0.15) is 31.9 Å². The van der Waals surface area contributed by atoms with E-state index in [1.54, 1.807) is 6.92 Å². The van der Waals surface area contributed by atoms with Gasteiger partial charge in [0.1, 0.15) is 5.82 Å². The number of nitrogens with one attached hydrogen (secondary N) is 1. The number of ether oxygens (including phenoxy) is 1. The molecule has 23 heavy (non-hydrogen) atoms. The van der Waals surface area contributed by atoms with Crippen LogP contribution < -0.4 is 5.32 Å². The van der Waals surface area contributed by atoms with Gasteiger partial charge in [-0.05, 0) is 25.5 Å². The summed E-state index contributed by atoms with van der Waals surface area (Å²) in [6, 6.07) is 2.81. The number of halogens is 2. The van der Waals surface area contributed by atoms with Crippen LogP contribution in [0, 0.1) is 5.82 Å². The second-order valence-corrected chi connectivity index (χ2v) is 5.57. The molecule has 1 N–H and O–H groups in total. The molecule has 0 radical (unpaired) electrons. The molecule has 0 aromatic heterocycles. The van der Waals surface area contributed by atoms with Gasteiger partial charge in [0.05, 0.1) is 18.7 Å². The molecular formula is C16H18ClFN2O3. The Morgan fingerprint density at radius 2 is 2.17 bits per heavy atom. The second kappa shape index (κ2) is 7.00. The normalized spacial score (nSPS) is 18.0. The quantitative estimate of drug-likeness (QED) is 0.855. The molecule has 0 fully saturated rings. The third kappa shape index (κ3) is 3.17. The molecule has 2 amide bonds. The van der Waals surface area contributed by atoms with Crippen molar-refractivity contribution in [3.8, 4) is 0 Å². The molecule has 0 saturated carbocycles. The van der Waals surface area contributed by atoms with Crippen LogP contribution in [-0.2, 0) is 9.53 Å². The third-order valence-electron chi connectivity index (χ3n) is 3.74. The van der Waals surface area contributed by atoms with Crippen molar-refractivity contribution in [2.24, 2.45) is 0 Å². The number of benzene rings is 1. The average Bonchev–Trinajstić information content (AvgIpc) is 2.50. The van der Waals surface area contributed by atoms with Gasteiger partial charge in [-0.3, -0.25) is 4.90 Å². The van der Waals surface area contributed by atoms with Crippen molar-refractivity contribution in [2.75, 3.05) is 13.7 Å². The molecule has 1 aromatic rings.